The second-order valence-electron chi connectivity index (χ2n) is 2.57. The Morgan fingerprint density at radius 3 is 2.92 bits per heavy atom. The molecule has 0 fully saturated rings. The highest BCUT2D eigenvalue weighted by molar-refractivity contribution is 5.96. The first-order chi connectivity index (χ1) is 6.02. The van der Waals surface area contributed by atoms with Gasteiger partial charge in [0.25, 0.3) is 5.91 Å². The van der Waals surface area contributed by atoms with E-state index in [9.17, 15) is 4.79 Å². The zero-order valence-corrected chi connectivity index (χ0v) is 7.19. The molecule has 0 bridgehead atoms. The number of carbonyl (C=O) groups excluding carboxylic acids is 1. The van der Waals surface area contributed by atoms with Gasteiger partial charge < -0.3 is 16.2 Å². The molecule has 1 radical (unpaired) electrons. The first kappa shape index (κ1) is 9.53. The van der Waals surface area contributed by atoms with Crippen LogP contribution in [0.2, 0.25) is 0 Å². The molecule has 1 amide bonds. The zero-order valence-electron chi connectivity index (χ0n) is 7.19. The van der Waals surface area contributed by atoms with Crippen molar-refractivity contribution in [3.05, 3.63) is 13.1 Å². The van der Waals surface area contributed by atoms with Gasteiger partial charge in [-0.15, -0.1) is 0 Å². The quantitative estimate of drug-likeness (QED) is 0.556. The maximum atomic E-state index is 11.0. The number of aliphatic hydroxyl groups excluding tert-OH is 1. The Balaban J connectivity index is 2.75. The van der Waals surface area contributed by atoms with Crippen LogP contribution in [0.5, 0.6) is 0 Å². The molecule has 4 N–H and O–H groups in total. The van der Waals surface area contributed by atoms with Gasteiger partial charge in [0, 0.05) is 7.05 Å². The lowest BCUT2D eigenvalue weighted by Crippen LogP contribution is -2.25. The summed E-state index contributed by atoms with van der Waals surface area (Å²) in [6.07, 6.45) is 0.0925. The Kier molecular flexibility index (Phi) is 2.52. The van der Waals surface area contributed by atoms with Crippen LogP contribution in [0, 0.1) is 6.92 Å². The maximum Gasteiger partial charge on any atom is 0.253 e. The van der Waals surface area contributed by atoms with Crippen LogP contribution in [0.15, 0.2) is 6.20 Å². The number of nitrogens with zero attached hydrogens (tertiary/aromatic N) is 2. The summed E-state index contributed by atoms with van der Waals surface area (Å²) in [5.74, 6) is -0.284. The highest BCUT2D eigenvalue weighted by Gasteiger charge is 2.12. The van der Waals surface area contributed by atoms with Gasteiger partial charge in [0.05, 0.1) is 6.20 Å². The monoisotopic (exact) mass is 183 g/mol. The van der Waals surface area contributed by atoms with Crippen LogP contribution in [0.1, 0.15) is 0 Å². The average Bonchev–Trinajstić information content (AvgIpc) is 2.36. The summed E-state index contributed by atoms with van der Waals surface area (Å²) in [6, 6.07) is 0. The van der Waals surface area contributed by atoms with E-state index in [4.69, 9.17) is 10.8 Å². The third-order valence-electron chi connectivity index (χ3n) is 1.55. The van der Waals surface area contributed by atoms with Crippen molar-refractivity contribution in [2.75, 3.05) is 11.1 Å². The van der Waals surface area contributed by atoms with Crippen LogP contribution < -0.4 is 11.1 Å². The lowest BCUT2D eigenvalue weighted by Gasteiger charge is -2.05. The molecule has 6 heteroatoms. The third kappa shape index (κ3) is 1.97. The molecule has 0 aliphatic heterocycles. The van der Waals surface area contributed by atoms with Crippen molar-refractivity contribution >= 4 is 17.4 Å². The fraction of sp³-hybridized carbons (Fsp3) is 0.286. The van der Waals surface area contributed by atoms with Gasteiger partial charge in [0.2, 0.25) is 0 Å². The Morgan fingerprint density at radius 1 is 1.92 bits per heavy atom. The highest BCUT2D eigenvalue weighted by atomic mass is 16.3. The summed E-state index contributed by atoms with van der Waals surface area (Å²) in [5.41, 5.74) is 5.91. The molecule has 0 saturated heterocycles. The number of nitrogen functional groups attached to an aromatic ring is 1. The van der Waals surface area contributed by atoms with Gasteiger partial charge in [-0.25, -0.2) is 0 Å². The van der Waals surface area contributed by atoms with Gasteiger partial charge in [-0.1, -0.05) is 0 Å². The van der Waals surface area contributed by atoms with Crippen molar-refractivity contribution < 1.29 is 9.90 Å². The van der Waals surface area contributed by atoms with Gasteiger partial charge >= 0.3 is 0 Å². The van der Waals surface area contributed by atoms with Gasteiger partial charge in [0.15, 0.2) is 0 Å². The molecule has 1 aromatic rings. The average molecular weight is 183 g/mol. The molecule has 1 aromatic heterocycles. The van der Waals surface area contributed by atoms with E-state index >= 15 is 0 Å². The topological polar surface area (TPSA) is 93.2 Å². The van der Waals surface area contributed by atoms with E-state index in [-0.39, 0.29) is 0 Å². The number of nitrogens with two attached hydrogens (primary N) is 1. The molecule has 0 aliphatic carbocycles. The van der Waals surface area contributed by atoms with Crippen LogP contribution in [-0.2, 0) is 11.8 Å². The number of aliphatic hydroxyl groups is 1. The number of anilines is 2. The van der Waals surface area contributed by atoms with Crippen molar-refractivity contribution in [1.82, 2.24) is 9.78 Å². The Morgan fingerprint density at radius 2 is 2.54 bits per heavy atom. The van der Waals surface area contributed by atoms with Crippen molar-refractivity contribution in [1.29, 1.82) is 0 Å². The fourth-order valence-corrected chi connectivity index (χ4v) is 0.759. The second kappa shape index (κ2) is 3.44. The largest absolute Gasteiger partial charge is 0.383 e. The van der Waals surface area contributed by atoms with E-state index in [2.05, 4.69) is 17.3 Å². The van der Waals surface area contributed by atoms with Crippen LogP contribution in [-0.4, -0.2) is 26.9 Å². The molecule has 71 valence electrons. The molecule has 1 heterocycles. The molecule has 1 rings (SSSR count). The number of amides is 1. The van der Waals surface area contributed by atoms with E-state index in [1.165, 1.54) is 10.9 Å². The number of aryl methyl sites for hydroxylation is 1. The van der Waals surface area contributed by atoms with Gasteiger partial charge in [0.1, 0.15) is 17.6 Å². The van der Waals surface area contributed by atoms with Crippen molar-refractivity contribution in [2.24, 2.45) is 7.05 Å². The molecule has 1 atom stereocenters. The van der Waals surface area contributed by atoms with Gasteiger partial charge in [-0.05, 0) is 6.92 Å². The minimum absolute atomic E-state index is 0.328. The predicted molar refractivity (Wildman–Crippen MR) is 47.6 cm³/mol. The number of nitrogens with one attached hydrogen (secondary N) is 1. The zero-order chi connectivity index (χ0) is 10.0. The highest BCUT2D eigenvalue weighted by Crippen LogP contribution is 2.15. The fourth-order valence-electron chi connectivity index (χ4n) is 0.759. The second-order valence-corrected chi connectivity index (χ2v) is 2.57. The molecular formula is C7H11N4O2. The molecule has 0 saturated carbocycles. The molecule has 0 aromatic carbocycles. The molecule has 6 nitrogen and oxygen atoms in total. The van der Waals surface area contributed by atoms with Crippen molar-refractivity contribution in [2.45, 2.75) is 6.10 Å². The van der Waals surface area contributed by atoms with Gasteiger partial charge in [-0.3, -0.25) is 9.48 Å². The molecule has 0 spiro atoms. The first-order valence-electron chi connectivity index (χ1n) is 3.62. The van der Waals surface area contributed by atoms with Gasteiger partial charge in [-0.2, -0.15) is 5.10 Å². The summed E-state index contributed by atoms with van der Waals surface area (Å²) in [7, 11) is 1.64. The number of hydrogen-bond acceptors (Lipinski definition) is 4. The van der Waals surface area contributed by atoms with Crippen molar-refractivity contribution in [3.63, 3.8) is 0 Å². The summed E-state index contributed by atoms with van der Waals surface area (Å²) < 4.78 is 1.41. The summed E-state index contributed by atoms with van der Waals surface area (Å²) in [4.78, 5) is 11.0. The minimum atomic E-state index is -1.31. The molecule has 1 unspecified atom stereocenters. The van der Waals surface area contributed by atoms with Crippen molar-refractivity contribution in [3.8, 4) is 0 Å². The Hall–Kier alpha value is -1.56. The van der Waals surface area contributed by atoms with E-state index in [0.29, 0.717) is 11.5 Å². The van der Waals surface area contributed by atoms with E-state index in [1.807, 2.05) is 0 Å². The maximum absolute atomic E-state index is 11.0. The van der Waals surface area contributed by atoms with E-state index in [1.54, 1.807) is 7.05 Å². The number of carbonyl (C=O) groups is 1. The Bertz CT molecular complexity index is 318. The lowest BCUT2D eigenvalue weighted by molar-refractivity contribution is -0.122. The van der Waals surface area contributed by atoms with E-state index < -0.39 is 12.0 Å². The molecule has 13 heavy (non-hydrogen) atoms. The lowest BCUT2D eigenvalue weighted by atomic mass is 10.3. The van der Waals surface area contributed by atoms with E-state index in [0.717, 1.165) is 0 Å². The summed E-state index contributed by atoms with van der Waals surface area (Å²) in [5, 5.41) is 15.0. The standard InChI is InChI=1S/C7H11N4O2/c1-4(12)7(13)10-5-3-9-11(2)6(5)8/h3-4,12H,1,8H2,2H3,(H,10,13). The third-order valence-corrected chi connectivity index (χ3v) is 1.55. The van der Waals surface area contributed by atoms with Crippen LogP contribution in [0.4, 0.5) is 11.5 Å². The molecular weight excluding hydrogens is 172 g/mol. The molecule has 0 aliphatic rings. The van der Waals surface area contributed by atoms with Crippen LogP contribution in [0.25, 0.3) is 0 Å². The normalized spacial score (nSPS) is 12.5. The first-order valence-corrected chi connectivity index (χ1v) is 3.62. The summed E-state index contributed by atoms with van der Waals surface area (Å²) >= 11 is 0. The smallest absolute Gasteiger partial charge is 0.253 e. The minimum Gasteiger partial charge on any atom is -0.383 e. The number of hydrogen-bond donors (Lipinski definition) is 3. The summed E-state index contributed by atoms with van der Waals surface area (Å²) in [6.45, 7) is 3.15. The SMILES string of the molecule is [CH2]C(O)C(=O)Nc1cnn(C)c1N. The number of rotatable bonds is 2. The van der Waals surface area contributed by atoms with Crippen LogP contribution >= 0.6 is 0 Å². The Labute approximate surface area is 75.3 Å². The number of aromatic nitrogens is 2. The predicted octanol–water partition coefficient (Wildman–Crippen LogP) is -0.864. The van der Waals surface area contributed by atoms with Crippen LogP contribution in [0.3, 0.4) is 0 Å².